The Bertz CT molecular complexity index is 1130. The van der Waals surface area contributed by atoms with Crippen LogP contribution in [0.15, 0.2) is 59.7 Å². The molecule has 23 heavy (non-hydrogen) atoms. The van der Waals surface area contributed by atoms with Gasteiger partial charge in [0.15, 0.2) is 5.43 Å². The molecule has 6 heteroatoms. The lowest BCUT2D eigenvalue weighted by atomic mass is 10.1. The third-order valence-electron chi connectivity index (χ3n) is 3.88. The summed E-state index contributed by atoms with van der Waals surface area (Å²) in [6.07, 6.45) is -1.31. The van der Waals surface area contributed by atoms with Crippen LogP contribution < -0.4 is 5.43 Å². The van der Waals surface area contributed by atoms with E-state index in [-0.39, 0.29) is 5.39 Å². The number of hydrogen-bond acceptors (Lipinski definition) is 2. The van der Waals surface area contributed by atoms with E-state index in [0.29, 0.717) is 21.9 Å². The number of alkyl halides is 3. The molecule has 0 fully saturated rings. The van der Waals surface area contributed by atoms with Crippen molar-refractivity contribution in [3.63, 3.8) is 0 Å². The van der Waals surface area contributed by atoms with Gasteiger partial charge < -0.3 is 0 Å². The van der Waals surface area contributed by atoms with Crippen molar-refractivity contribution in [3.05, 3.63) is 70.6 Å². The second-order valence-electron chi connectivity index (χ2n) is 5.23. The summed E-state index contributed by atoms with van der Waals surface area (Å²) in [7, 11) is 0. The van der Waals surface area contributed by atoms with Gasteiger partial charge in [-0.1, -0.05) is 24.3 Å². The summed E-state index contributed by atoms with van der Waals surface area (Å²) >= 11 is 0. The second-order valence-corrected chi connectivity index (χ2v) is 5.23. The lowest BCUT2D eigenvalue weighted by Gasteiger charge is -2.06. The van der Waals surface area contributed by atoms with Gasteiger partial charge in [0.1, 0.15) is 5.65 Å². The number of hydrogen-bond donors (Lipinski definition) is 0. The summed E-state index contributed by atoms with van der Waals surface area (Å²) in [6, 6.07) is 9.99. The zero-order valence-corrected chi connectivity index (χ0v) is 11.6. The molecule has 2 aromatic carbocycles. The molecular weight excluding hydrogens is 305 g/mol. The molecule has 2 aromatic heterocycles. The molecule has 0 aliphatic carbocycles. The zero-order chi connectivity index (χ0) is 16.2. The molecule has 0 saturated carbocycles. The summed E-state index contributed by atoms with van der Waals surface area (Å²) in [4.78, 5) is 17.0. The number of benzene rings is 2. The average Bonchev–Trinajstić information content (AvgIpc) is 2.99. The predicted molar refractivity (Wildman–Crippen MR) is 81.5 cm³/mol. The van der Waals surface area contributed by atoms with Gasteiger partial charge in [-0.3, -0.25) is 9.20 Å². The number of nitrogens with zero attached hydrogens (tertiary/aromatic N) is 2. The van der Waals surface area contributed by atoms with Crippen LogP contribution in [-0.4, -0.2) is 9.38 Å². The SMILES string of the molecule is O=c1c2ccccc2c2nccn2c2ccc(C(F)(F)F)cc12. The van der Waals surface area contributed by atoms with Gasteiger partial charge in [0, 0.05) is 28.6 Å². The van der Waals surface area contributed by atoms with Crippen LogP contribution in [0, 0.1) is 0 Å². The van der Waals surface area contributed by atoms with Crippen molar-refractivity contribution in [1.29, 1.82) is 0 Å². The summed E-state index contributed by atoms with van der Waals surface area (Å²) in [5.41, 5.74) is -0.350. The first-order chi connectivity index (χ1) is 11.0. The maximum atomic E-state index is 13.0. The topological polar surface area (TPSA) is 34.4 Å². The first kappa shape index (κ1) is 13.8. The van der Waals surface area contributed by atoms with Crippen LogP contribution in [0.4, 0.5) is 13.2 Å². The van der Waals surface area contributed by atoms with Crippen LogP contribution in [0.5, 0.6) is 0 Å². The maximum Gasteiger partial charge on any atom is 0.416 e. The van der Waals surface area contributed by atoms with Gasteiger partial charge >= 0.3 is 6.18 Å². The molecule has 3 nitrogen and oxygen atoms in total. The van der Waals surface area contributed by atoms with Crippen molar-refractivity contribution < 1.29 is 13.2 Å². The average molecular weight is 314 g/mol. The fourth-order valence-electron chi connectivity index (χ4n) is 2.82. The van der Waals surface area contributed by atoms with Crippen molar-refractivity contribution in [1.82, 2.24) is 9.38 Å². The van der Waals surface area contributed by atoms with Crippen LogP contribution >= 0.6 is 0 Å². The molecule has 0 bridgehead atoms. The van der Waals surface area contributed by atoms with E-state index in [1.54, 1.807) is 41.1 Å². The Kier molecular flexibility index (Phi) is 2.72. The third-order valence-corrected chi connectivity index (χ3v) is 3.88. The highest BCUT2D eigenvalue weighted by Crippen LogP contribution is 2.31. The summed E-state index contributed by atoms with van der Waals surface area (Å²) in [5.74, 6) is 0. The Morgan fingerprint density at radius 1 is 0.957 bits per heavy atom. The predicted octanol–water partition coefficient (Wildman–Crippen LogP) is 4.02. The molecule has 0 N–H and O–H groups in total. The summed E-state index contributed by atoms with van der Waals surface area (Å²) in [6.45, 7) is 0. The molecular formula is C17H9F3N2O. The van der Waals surface area contributed by atoms with E-state index < -0.39 is 17.2 Å². The summed E-state index contributed by atoms with van der Waals surface area (Å²) in [5, 5.41) is 0.967. The van der Waals surface area contributed by atoms with Gasteiger partial charge in [0.25, 0.3) is 0 Å². The normalized spacial score (nSPS) is 12.3. The zero-order valence-electron chi connectivity index (χ0n) is 11.6. The van der Waals surface area contributed by atoms with E-state index in [9.17, 15) is 18.0 Å². The Morgan fingerprint density at radius 3 is 2.43 bits per heavy atom. The molecule has 0 aliphatic heterocycles. The first-order valence-corrected chi connectivity index (χ1v) is 6.86. The van der Waals surface area contributed by atoms with E-state index in [2.05, 4.69) is 4.98 Å². The highest BCUT2D eigenvalue weighted by atomic mass is 19.4. The molecule has 0 aliphatic rings. The fourth-order valence-corrected chi connectivity index (χ4v) is 2.82. The first-order valence-electron chi connectivity index (χ1n) is 6.86. The second kappa shape index (κ2) is 4.55. The van der Waals surface area contributed by atoms with Crippen LogP contribution in [0.25, 0.3) is 27.3 Å². The molecule has 0 spiro atoms. The van der Waals surface area contributed by atoms with Crippen molar-refractivity contribution in [2.24, 2.45) is 0 Å². The molecule has 0 amide bonds. The summed E-state index contributed by atoms with van der Waals surface area (Å²) < 4.78 is 40.6. The van der Waals surface area contributed by atoms with Crippen molar-refractivity contribution in [2.75, 3.05) is 0 Å². The minimum absolute atomic E-state index is 0.0176. The Hall–Kier alpha value is -2.89. The molecule has 0 saturated heterocycles. The Balaban J connectivity index is 2.34. The molecule has 2 heterocycles. The highest BCUT2D eigenvalue weighted by molar-refractivity contribution is 5.99. The lowest BCUT2D eigenvalue weighted by molar-refractivity contribution is -0.137. The lowest BCUT2D eigenvalue weighted by Crippen LogP contribution is -2.07. The molecule has 0 unspecified atom stereocenters. The molecule has 4 aromatic rings. The van der Waals surface area contributed by atoms with E-state index in [1.807, 2.05) is 0 Å². The van der Waals surface area contributed by atoms with Crippen LogP contribution in [0.1, 0.15) is 5.56 Å². The third kappa shape index (κ3) is 1.98. The molecule has 4 rings (SSSR count). The quantitative estimate of drug-likeness (QED) is 0.491. The van der Waals surface area contributed by atoms with Gasteiger partial charge in [-0.05, 0) is 18.2 Å². The maximum absolute atomic E-state index is 13.0. The van der Waals surface area contributed by atoms with Gasteiger partial charge in [-0.15, -0.1) is 0 Å². The van der Waals surface area contributed by atoms with Gasteiger partial charge in [0.2, 0.25) is 0 Å². The molecule has 114 valence electrons. The standard InChI is InChI=1S/C17H9F3N2O/c18-17(19,20)10-5-6-14-13(9-10)15(23)11-3-1-2-4-12(11)16-21-7-8-22(14)16/h1-9H. The van der Waals surface area contributed by atoms with Gasteiger partial charge in [-0.25, -0.2) is 4.98 Å². The van der Waals surface area contributed by atoms with Crippen LogP contribution in [-0.2, 0) is 6.18 Å². The largest absolute Gasteiger partial charge is 0.416 e. The highest BCUT2D eigenvalue weighted by Gasteiger charge is 2.30. The van der Waals surface area contributed by atoms with Gasteiger partial charge in [-0.2, -0.15) is 13.2 Å². The van der Waals surface area contributed by atoms with E-state index in [0.717, 1.165) is 12.1 Å². The van der Waals surface area contributed by atoms with E-state index in [1.165, 1.54) is 6.07 Å². The Labute approximate surface area is 127 Å². The van der Waals surface area contributed by atoms with Crippen molar-refractivity contribution >= 4 is 27.3 Å². The van der Waals surface area contributed by atoms with Gasteiger partial charge in [0.05, 0.1) is 11.1 Å². The van der Waals surface area contributed by atoms with Crippen molar-refractivity contribution in [3.8, 4) is 0 Å². The van der Waals surface area contributed by atoms with Crippen LogP contribution in [0.2, 0.25) is 0 Å². The fraction of sp³-hybridized carbons (Fsp3) is 0.0588. The monoisotopic (exact) mass is 314 g/mol. The number of imidazole rings is 1. The number of rotatable bonds is 0. The number of halogens is 3. The molecule has 0 atom stereocenters. The smallest absolute Gasteiger partial charge is 0.299 e. The van der Waals surface area contributed by atoms with Crippen molar-refractivity contribution in [2.45, 2.75) is 6.18 Å². The number of fused-ring (bicyclic) bond motifs is 5. The molecule has 0 radical (unpaired) electrons. The van der Waals surface area contributed by atoms with Crippen LogP contribution in [0.3, 0.4) is 0 Å². The van der Waals surface area contributed by atoms with E-state index in [4.69, 9.17) is 0 Å². The van der Waals surface area contributed by atoms with E-state index >= 15 is 0 Å². The number of aromatic nitrogens is 2. The minimum atomic E-state index is -4.50. The Morgan fingerprint density at radius 2 is 1.70 bits per heavy atom. The minimum Gasteiger partial charge on any atom is -0.299 e.